The summed E-state index contributed by atoms with van der Waals surface area (Å²) in [4.78, 5) is 0. The molecule has 2 nitrogen and oxygen atoms in total. The molecule has 1 aromatic carbocycles. The van der Waals surface area contributed by atoms with Crippen LogP contribution in [-0.2, 0) is 0 Å². The van der Waals surface area contributed by atoms with Crippen molar-refractivity contribution in [2.45, 2.75) is 71.8 Å². The fourth-order valence-electron chi connectivity index (χ4n) is 2.11. The van der Waals surface area contributed by atoms with E-state index in [1.165, 1.54) is 44.2 Å². The van der Waals surface area contributed by atoms with Crippen LogP contribution >= 0.6 is 0 Å². The molecule has 0 aliphatic heterocycles. The van der Waals surface area contributed by atoms with Crippen LogP contribution in [0.15, 0.2) is 24.3 Å². The molecule has 0 amide bonds. The minimum atomic E-state index is 0.289. The molecule has 0 spiro atoms. The Labute approximate surface area is 124 Å². The van der Waals surface area contributed by atoms with Gasteiger partial charge in [0, 0.05) is 12.2 Å². The van der Waals surface area contributed by atoms with Gasteiger partial charge >= 0.3 is 0 Å². The SMILES string of the molecule is CCCCCCCCNc1ccc(OC(C)CC)cc1. The van der Waals surface area contributed by atoms with Crippen molar-refractivity contribution in [2.24, 2.45) is 0 Å². The fraction of sp³-hybridized carbons (Fsp3) is 0.667. The van der Waals surface area contributed by atoms with Gasteiger partial charge in [-0.2, -0.15) is 0 Å². The Morgan fingerprint density at radius 3 is 2.25 bits per heavy atom. The average Bonchev–Trinajstić information content (AvgIpc) is 2.48. The lowest BCUT2D eigenvalue weighted by atomic mass is 10.1. The van der Waals surface area contributed by atoms with Crippen LogP contribution in [0.1, 0.15) is 65.7 Å². The molecule has 1 aromatic rings. The first-order chi connectivity index (χ1) is 9.76. The van der Waals surface area contributed by atoms with E-state index in [0.717, 1.165) is 18.7 Å². The second-order valence-corrected chi connectivity index (χ2v) is 5.56. The smallest absolute Gasteiger partial charge is 0.119 e. The summed E-state index contributed by atoms with van der Waals surface area (Å²) in [7, 11) is 0. The van der Waals surface area contributed by atoms with E-state index in [0.29, 0.717) is 0 Å². The Morgan fingerprint density at radius 1 is 0.950 bits per heavy atom. The van der Waals surface area contributed by atoms with E-state index in [2.05, 4.69) is 50.4 Å². The zero-order chi connectivity index (χ0) is 14.6. The van der Waals surface area contributed by atoms with Crippen molar-refractivity contribution in [1.82, 2.24) is 0 Å². The third kappa shape index (κ3) is 7.42. The summed E-state index contributed by atoms with van der Waals surface area (Å²) < 4.78 is 5.77. The molecular formula is C18H31NO. The van der Waals surface area contributed by atoms with E-state index in [1.807, 2.05) is 0 Å². The van der Waals surface area contributed by atoms with Gasteiger partial charge in [-0.15, -0.1) is 0 Å². The molecule has 0 radical (unpaired) electrons. The van der Waals surface area contributed by atoms with Gasteiger partial charge in [0.05, 0.1) is 6.10 Å². The van der Waals surface area contributed by atoms with E-state index in [9.17, 15) is 0 Å². The molecule has 114 valence electrons. The highest BCUT2D eigenvalue weighted by Crippen LogP contribution is 2.17. The predicted molar refractivity (Wildman–Crippen MR) is 88.7 cm³/mol. The maximum atomic E-state index is 5.77. The molecule has 0 saturated heterocycles. The first kappa shape index (κ1) is 16.9. The van der Waals surface area contributed by atoms with Crippen molar-refractivity contribution in [3.05, 3.63) is 24.3 Å². The molecule has 1 unspecified atom stereocenters. The largest absolute Gasteiger partial charge is 0.491 e. The lowest BCUT2D eigenvalue weighted by Gasteiger charge is -2.13. The summed E-state index contributed by atoms with van der Waals surface area (Å²) in [6.45, 7) is 7.57. The number of rotatable bonds is 11. The van der Waals surface area contributed by atoms with Crippen LogP contribution in [-0.4, -0.2) is 12.6 Å². The normalized spacial score (nSPS) is 12.2. The number of ether oxygens (including phenoxy) is 1. The molecule has 0 bridgehead atoms. The number of hydrogen-bond donors (Lipinski definition) is 1. The van der Waals surface area contributed by atoms with Crippen LogP contribution in [0, 0.1) is 0 Å². The van der Waals surface area contributed by atoms with E-state index in [4.69, 9.17) is 4.74 Å². The topological polar surface area (TPSA) is 21.3 Å². The maximum Gasteiger partial charge on any atom is 0.119 e. The van der Waals surface area contributed by atoms with Gasteiger partial charge in [-0.1, -0.05) is 46.0 Å². The third-order valence-electron chi connectivity index (χ3n) is 3.63. The zero-order valence-electron chi connectivity index (χ0n) is 13.5. The van der Waals surface area contributed by atoms with Crippen LogP contribution in [0.4, 0.5) is 5.69 Å². The maximum absolute atomic E-state index is 5.77. The highest BCUT2D eigenvalue weighted by Gasteiger charge is 2.00. The van der Waals surface area contributed by atoms with Crippen molar-refractivity contribution in [3.8, 4) is 5.75 Å². The summed E-state index contributed by atoms with van der Waals surface area (Å²) in [5.41, 5.74) is 1.19. The molecule has 1 atom stereocenters. The molecule has 0 aliphatic carbocycles. The van der Waals surface area contributed by atoms with Crippen LogP contribution in [0.25, 0.3) is 0 Å². The van der Waals surface area contributed by atoms with Crippen LogP contribution in [0.2, 0.25) is 0 Å². The van der Waals surface area contributed by atoms with Crippen LogP contribution in [0.5, 0.6) is 5.75 Å². The molecule has 0 saturated carbocycles. The van der Waals surface area contributed by atoms with Gasteiger partial charge in [-0.3, -0.25) is 0 Å². The Bertz CT molecular complexity index is 334. The first-order valence-electron chi connectivity index (χ1n) is 8.26. The summed E-state index contributed by atoms with van der Waals surface area (Å²) in [6.07, 6.45) is 9.38. The molecule has 20 heavy (non-hydrogen) atoms. The molecule has 0 fully saturated rings. The minimum Gasteiger partial charge on any atom is -0.491 e. The fourth-order valence-corrected chi connectivity index (χ4v) is 2.11. The second kappa shape index (κ2) is 10.6. The first-order valence-corrected chi connectivity index (χ1v) is 8.26. The molecular weight excluding hydrogens is 246 g/mol. The number of nitrogens with one attached hydrogen (secondary N) is 1. The summed E-state index contributed by atoms with van der Waals surface area (Å²) in [6, 6.07) is 8.31. The standard InChI is InChI=1S/C18H31NO/c1-4-6-7-8-9-10-15-19-17-11-13-18(14-12-17)20-16(3)5-2/h11-14,16,19H,4-10,15H2,1-3H3. The van der Waals surface area contributed by atoms with Gasteiger partial charge in [0.15, 0.2) is 0 Å². The minimum absolute atomic E-state index is 0.289. The Kier molecular flexibility index (Phi) is 8.93. The Morgan fingerprint density at radius 2 is 1.60 bits per heavy atom. The van der Waals surface area contributed by atoms with Crippen molar-refractivity contribution in [2.75, 3.05) is 11.9 Å². The lowest BCUT2D eigenvalue weighted by molar-refractivity contribution is 0.217. The zero-order valence-corrected chi connectivity index (χ0v) is 13.5. The van der Waals surface area contributed by atoms with Gasteiger partial charge < -0.3 is 10.1 Å². The van der Waals surface area contributed by atoms with Gasteiger partial charge in [-0.25, -0.2) is 0 Å². The lowest BCUT2D eigenvalue weighted by Crippen LogP contribution is -2.09. The highest BCUT2D eigenvalue weighted by atomic mass is 16.5. The molecule has 1 N–H and O–H groups in total. The van der Waals surface area contributed by atoms with E-state index in [-0.39, 0.29) is 6.10 Å². The summed E-state index contributed by atoms with van der Waals surface area (Å²) in [5, 5.41) is 3.47. The predicted octanol–water partition coefficient (Wildman–Crippen LogP) is 5.64. The summed E-state index contributed by atoms with van der Waals surface area (Å²) in [5.74, 6) is 0.962. The van der Waals surface area contributed by atoms with Gasteiger partial charge in [0.1, 0.15) is 5.75 Å². The van der Waals surface area contributed by atoms with Crippen molar-refractivity contribution < 1.29 is 4.74 Å². The van der Waals surface area contributed by atoms with E-state index < -0.39 is 0 Å². The molecule has 0 aromatic heterocycles. The molecule has 1 rings (SSSR count). The van der Waals surface area contributed by atoms with E-state index >= 15 is 0 Å². The number of hydrogen-bond acceptors (Lipinski definition) is 2. The van der Waals surface area contributed by atoms with Gasteiger partial charge in [0.2, 0.25) is 0 Å². The average molecular weight is 277 g/mol. The van der Waals surface area contributed by atoms with Gasteiger partial charge in [-0.05, 0) is 44.0 Å². The quantitative estimate of drug-likeness (QED) is 0.529. The number of unbranched alkanes of at least 4 members (excludes halogenated alkanes) is 5. The van der Waals surface area contributed by atoms with Crippen LogP contribution < -0.4 is 10.1 Å². The Hall–Kier alpha value is -1.18. The summed E-state index contributed by atoms with van der Waals surface area (Å²) >= 11 is 0. The number of benzene rings is 1. The third-order valence-corrected chi connectivity index (χ3v) is 3.63. The molecule has 0 aliphatic rings. The van der Waals surface area contributed by atoms with Crippen LogP contribution in [0.3, 0.4) is 0 Å². The van der Waals surface area contributed by atoms with Gasteiger partial charge in [0.25, 0.3) is 0 Å². The number of anilines is 1. The monoisotopic (exact) mass is 277 g/mol. The highest BCUT2D eigenvalue weighted by molar-refractivity contribution is 5.46. The van der Waals surface area contributed by atoms with Crippen molar-refractivity contribution >= 4 is 5.69 Å². The van der Waals surface area contributed by atoms with E-state index in [1.54, 1.807) is 0 Å². The molecule has 0 heterocycles. The second-order valence-electron chi connectivity index (χ2n) is 5.56. The molecule has 2 heteroatoms. The van der Waals surface area contributed by atoms with Crippen molar-refractivity contribution in [1.29, 1.82) is 0 Å². The van der Waals surface area contributed by atoms with Crippen molar-refractivity contribution in [3.63, 3.8) is 0 Å². The Balaban J connectivity index is 2.15.